The van der Waals surface area contributed by atoms with Crippen molar-refractivity contribution in [1.29, 1.82) is 5.26 Å². The lowest BCUT2D eigenvalue weighted by Crippen LogP contribution is -2.22. The summed E-state index contributed by atoms with van der Waals surface area (Å²) in [6, 6.07) is 21.3. The molecule has 2 aliphatic rings. The molecule has 176 valence electrons. The van der Waals surface area contributed by atoms with Crippen LogP contribution in [0.1, 0.15) is 39.9 Å². The lowest BCUT2D eigenvalue weighted by atomic mass is 9.86. The third-order valence-electron chi connectivity index (χ3n) is 6.87. The molecule has 0 N–H and O–H groups in total. The number of nitriles is 1. The van der Waals surface area contributed by atoms with Gasteiger partial charge in [-0.15, -0.1) is 0 Å². The average molecular weight is 467 g/mol. The minimum atomic E-state index is -0.472. The maximum Gasteiger partial charge on any atom is 0.253 e. The first kappa shape index (κ1) is 22.7. The van der Waals surface area contributed by atoms with E-state index in [9.17, 15) is 14.9 Å². The zero-order valence-electron chi connectivity index (χ0n) is 19.8. The van der Waals surface area contributed by atoms with Crippen LogP contribution in [0.4, 0.5) is 0 Å². The first-order valence-electron chi connectivity index (χ1n) is 11.7. The quantitative estimate of drug-likeness (QED) is 0.505. The van der Waals surface area contributed by atoms with Gasteiger partial charge in [-0.2, -0.15) is 5.26 Å². The number of carbonyl (C=O) groups is 2. The lowest BCUT2D eigenvalue weighted by Gasteiger charge is -2.16. The Balaban J connectivity index is 1.41. The van der Waals surface area contributed by atoms with Crippen molar-refractivity contribution in [2.75, 3.05) is 20.9 Å². The molecule has 0 aromatic heterocycles. The Hall–Kier alpha value is -4.11. The third kappa shape index (κ3) is 4.26. The smallest absolute Gasteiger partial charge is 0.253 e. The highest BCUT2D eigenvalue weighted by Gasteiger charge is 2.50. The Labute approximate surface area is 204 Å². The minimum Gasteiger partial charge on any atom is -0.454 e. The van der Waals surface area contributed by atoms with Crippen molar-refractivity contribution in [2.24, 2.45) is 0 Å². The van der Waals surface area contributed by atoms with Gasteiger partial charge in [-0.05, 0) is 64.9 Å². The first-order valence-corrected chi connectivity index (χ1v) is 11.7. The van der Waals surface area contributed by atoms with Crippen LogP contribution in [0.25, 0.3) is 11.1 Å². The van der Waals surface area contributed by atoms with Crippen LogP contribution in [0, 0.1) is 11.3 Å². The third-order valence-corrected chi connectivity index (χ3v) is 6.87. The summed E-state index contributed by atoms with van der Waals surface area (Å²) in [4.78, 5) is 27.3. The van der Waals surface area contributed by atoms with Crippen molar-refractivity contribution >= 4 is 11.7 Å². The van der Waals surface area contributed by atoms with E-state index < -0.39 is 5.41 Å². The van der Waals surface area contributed by atoms with Crippen molar-refractivity contribution in [3.63, 3.8) is 0 Å². The molecule has 5 rings (SSSR count). The Morgan fingerprint density at radius 3 is 2.40 bits per heavy atom. The molecule has 3 aromatic carbocycles. The van der Waals surface area contributed by atoms with Gasteiger partial charge in [0.2, 0.25) is 6.79 Å². The summed E-state index contributed by atoms with van der Waals surface area (Å²) in [5.74, 6) is 1.53. The summed E-state index contributed by atoms with van der Waals surface area (Å²) in [7, 11) is 3.44. The fraction of sp³-hybridized carbons (Fsp3) is 0.276. The van der Waals surface area contributed by atoms with E-state index in [0.717, 1.165) is 40.7 Å². The van der Waals surface area contributed by atoms with Gasteiger partial charge >= 0.3 is 0 Å². The molecule has 1 aliphatic carbocycles. The van der Waals surface area contributed by atoms with Gasteiger partial charge in [0.1, 0.15) is 5.78 Å². The van der Waals surface area contributed by atoms with Gasteiger partial charge in [-0.3, -0.25) is 9.59 Å². The maximum absolute atomic E-state index is 13.5. The summed E-state index contributed by atoms with van der Waals surface area (Å²) < 4.78 is 10.9. The Morgan fingerprint density at radius 1 is 0.971 bits per heavy atom. The normalized spacial score (nSPS) is 14.8. The van der Waals surface area contributed by atoms with E-state index >= 15 is 0 Å². The van der Waals surface area contributed by atoms with Gasteiger partial charge in [-0.1, -0.05) is 36.4 Å². The number of amides is 1. The monoisotopic (exact) mass is 466 g/mol. The second-order valence-corrected chi connectivity index (χ2v) is 9.35. The SMILES string of the molecule is CN(C)C(=O)c1ccc(-c2cc(CC(=O)C3(c4ccc5c(c4)OCO5)CC3)ccc2CC#N)cc1. The van der Waals surface area contributed by atoms with Gasteiger partial charge in [-0.25, -0.2) is 0 Å². The molecular weight excluding hydrogens is 440 g/mol. The van der Waals surface area contributed by atoms with Crippen LogP contribution < -0.4 is 9.47 Å². The minimum absolute atomic E-state index is 0.0635. The molecular formula is C29H26N2O4. The van der Waals surface area contributed by atoms with Crippen LogP contribution in [0.2, 0.25) is 0 Å². The summed E-state index contributed by atoms with van der Waals surface area (Å²) in [5.41, 5.74) is 4.74. The summed E-state index contributed by atoms with van der Waals surface area (Å²) in [6.45, 7) is 0.210. The van der Waals surface area contributed by atoms with Crippen LogP contribution in [0.5, 0.6) is 11.5 Å². The van der Waals surface area contributed by atoms with E-state index in [1.54, 1.807) is 26.2 Å². The molecule has 6 nitrogen and oxygen atoms in total. The van der Waals surface area contributed by atoms with Crippen molar-refractivity contribution < 1.29 is 19.1 Å². The topological polar surface area (TPSA) is 79.6 Å². The standard InChI is InChI=1S/C29H26N2O4/c1-31(2)28(33)22-7-5-20(6-8-22)24-15-19(3-4-21(24)11-14-30)16-27(32)29(12-13-29)23-9-10-25-26(17-23)35-18-34-25/h3-10,15,17H,11-13,16,18H2,1-2H3. The zero-order valence-corrected chi connectivity index (χ0v) is 19.8. The lowest BCUT2D eigenvalue weighted by molar-refractivity contribution is -0.120. The number of ether oxygens (including phenoxy) is 2. The van der Waals surface area contributed by atoms with Crippen LogP contribution in [-0.2, 0) is 23.1 Å². The molecule has 0 atom stereocenters. The molecule has 6 heteroatoms. The molecule has 1 heterocycles. The van der Waals surface area contributed by atoms with Crippen LogP contribution in [0.3, 0.4) is 0 Å². The Kier molecular flexibility index (Phi) is 5.78. The molecule has 0 bridgehead atoms. The number of nitrogens with zero attached hydrogens (tertiary/aromatic N) is 2. The van der Waals surface area contributed by atoms with Gasteiger partial charge in [0, 0.05) is 26.1 Å². The van der Waals surface area contributed by atoms with Crippen molar-refractivity contribution in [3.05, 3.63) is 82.9 Å². The predicted octanol–water partition coefficient (Wildman–Crippen LogP) is 4.69. The average Bonchev–Trinajstić information content (AvgIpc) is 3.55. The fourth-order valence-corrected chi connectivity index (χ4v) is 4.69. The second-order valence-electron chi connectivity index (χ2n) is 9.35. The number of hydrogen-bond donors (Lipinski definition) is 0. The van der Waals surface area contributed by atoms with Gasteiger partial charge < -0.3 is 14.4 Å². The maximum atomic E-state index is 13.5. The van der Waals surface area contributed by atoms with Crippen LogP contribution in [0.15, 0.2) is 60.7 Å². The van der Waals surface area contributed by atoms with Gasteiger partial charge in [0.25, 0.3) is 5.91 Å². The van der Waals surface area contributed by atoms with Crippen LogP contribution in [-0.4, -0.2) is 37.5 Å². The van der Waals surface area contributed by atoms with Crippen molar-refractivity contribution in [2.45, 2.75) is 31.1 Å². The number of Topliss-reactive ketones (excluding diaryl/α,β-unsaturated/α-hetero) is 1. The van der Waals surface area contributed by atoms with Crippen molar-refractivity contribution in [1.82, 2.24) is 4.90 Å². The fourth-order valence-electron chi connectivity index (χ4n) is 4.69. The van der Waals surface area contributed by atoms with Gasteiger partial charge in [0.05, 0.1) is 17.9 Å². The number of fused-ring (bicyclic) bond motifs is 1. The molecule has 1 amide bonds. The number of rotatable bonds is 7. The van der Waals surface area contributed by atoms with E-state index in [1.807, 2.05) is 48.5 Å². The molecule has 1 saturated carbocycles. The zero-order chi connectivity index (χ0) is 24.6. The summed E-state index contributed by atoms with van der Waals surface area (Å²) in [6.07, 6.45) is 2.23. The van der Waals surface area contributed by atoms with E-state index in [4.69, 9.17) is 9.47 Å². The Bertz CT molecular complexity index is 1350. The highest BCUT2D eigenvalue weighted by atomic mass is 16.7. The first-order chi connectivity index (χ1) is 16.9. The van der Waals surface area contributed by atoms with E-state index in [0.29, 0.717) is 23.5 Å². The number of benzene rings is 3. The number of ketones is 1. The Morgan fingerprint density at radius 2 is 1.71 bits per heavy atom. The number of carbonyl (C=O) groups excluding carboxylic acids is 2. The van der Waals surface area contributed by atoms with Crippen LogP contribution >= 0.6 is 0 Å². The van der Waals surface area contributed by atoms with Crippen molar-refractivity contribution in [3.8, 4) is 28.7 Å². The summed E-state index contributed by atoms with van der Waals surface area (Å²) >= 11 is 0. The largest absolute Gasteiger partial charge is 0.454 e. The van der Waals surface area contributed by atoms with E-state index in [2.05, 4.69) is 6.07 Å². The highest BCUT2D eigenvalue weighted by molar-refractivity contribution is 5.95. The van der Waals surface area contributed by atoms with E-state index in [-0.39, 0.29) is 24.9 Å². The highest BCUT2D eigenvalue weighted by Crippen LogP contribution is 2.51. The number of hydrogen-bond acceptors (Lipinski definition) is 5. The molecule has 1 aliphatic heterocycles. The molecule has 0 unspecified atom stereocenters. The molecule has 0 saturated heterocycles. The predicted molar refractivity (Wildman–Crippen MR) is 131 cm³/mol. The molecule has 0 spiro atoms. The molecule has 1 fully saturated rings. The van der Waals surface area contributed by atoms with E-state index in [1.165, 1.54) is 4.90 Å². The second kappa shape index (κ2) is 8.92. The molecule has 35 heavy (non-hydrogen) atoms. The summed E-state index contributed by atoms with van der Waals surface area (Å²) in [5, 5.41) is 9.32. The molecule has 3 aromatic rings. The molecule has 0 radical (unpaired) electrons. The van der Waals surface area contributed by atoms with Gasteiger partial charge in [0.15, 0.2) is 11.5 Å².